The van der Waals surface area contributed by atoms with Crippen LogP contribution in [0.4, 0.5) is 0 Å². The summed E-state index contributed by atoms with van der Waals surface area (Å²) >= 11 is 1.64. The zero-order valence-electron chi connectivity index (χ0n) is 14.2. The summed E-state index contributed by atoms with van der Waals surface area (Å²) in [5.74, 6) is 1.45. The second-order valence-electron chi connectivity index (χ2n) is 6.68. The standard InChI is InChI=1S/C17H19N7S/c1-10-7-13(21-23-8-11(2)19-16(10)23)14-9-24-17(25-14)20-15(22-24)12-3-5-18-6-4-12/h7-9,12,18H,3-6H2,1-2H3. The number of aromatic nitrogens is 6. The number of thiazole rings is 1. The summed E-state index contributed by atoms with van der Waals surface area (Å²) in [7, 11) is 0. The van der Waals surface area contributed by atoms with Gasteiger partial charge in [-0.05, 0) is 51.4 Å². The monoisotopic (exact) mass is 353 g/mol. The van der Waals surface area contributed by atoms with Crippen molar-refractivity contribution in [1.82, 2.24) is 34.5 Å². The molecule has 128 valence electrons. The summed E-state index contributed by atoms with van der Waals surface area (Å²) in [5.41, 5.74) is 3.94. The second kappa shape index (κ2) is 5.60. The van der Waals surface area contributed by atoms with Crippen molar-refractivity contribution in [2.75, 3.05) is 13.1 Å². The van der Waals surface area contributed by atoms with E-state index in [0.717, 1.165) is 64.2 Å². The third kappa shape index (κ3) is 2.52. The predicted octanol–water partition coefficient (Wildman–Crippen LogP) is 2.58. The number of aryl methyl sites for hydroxylation is 2. The Bertz CT molecular complexity index is 1040. The normalized spacial score (nSPS) is 16.2. The van der Waals surface area contributed by atoms with Crippen molar-refractivity contribution in [2.45, 2.75) is 32.6 Å². The van der Waals surface area contributed by atoms with Crippen molar-refractivity contribution < 1.29 is 0 Å². The molecule has 0 bridgehead atoms. The van der Waals surface area contributed by atoms with E-state index in [1.165, 1.54) is 0 Å². The number of nitrogens with zero attached hydrogens (tertiary/aromatic N) is 6. The molecule has 0 aliphatic carbocycles. The van der Waals surface area contributed by atoms with Gasteiger partial charge in [0.05, 0.1) is 23.0 Å². The first-order valence-corrected chi connectivity index (χ1v) is 9.40. The number of fused-ring (bicyclic) bond motifs is 2. The van der Waals surface area contributed by atoms with Crippen molar-refractivity contribution in [3.05, 3.63) is 35.5 Å². The molecule has 1 N–H and O–H groups in total. The van der Waals surface area contributed by atoms with Gasteiger partial charge in [0.2, 0.25) is 4.96 Å². The van der Waals surface area contributed by atoms with Crippen LogP contribution in [0.3, 0.4) is 0 Å². The Balaban J connectivity index is 1.53. The first kappa shape index (κ1) is 15.0. The number of rotatable bonds is 2. The van der Waals surface area contributed by atoms with Crippen LogP contribution < -0.4 is 5.32 Å². The van der Waals surface area contributed by atoms with Crippen molar-refractivity contribution in [3.8, 4) is 10.6 Å². The largest absolute Gasteiger partial charge is 0.317 e. The maximum absolute atomic E-state index is 4.77. The van der Waals surface area contributed by atoms with Gasteiger partial charge in [-0.3, -0.25) is 0 Å². The lowest BCUT2D eigenvalue weighted by Gasteiger charge is -2.19. The molecular formula is C17H19N7S. The van der Waals surface area contributed by atoms with Crippen LogP contribution in [0.25, 0.3) is 21.2 Å². The zero-order chi connectivity index (χ0) is 17.0. The minimum absolute atomic E-state index is 0.474. The van der Waals surface area contributed by atoms with Gasteiger partial charge in [-0.1, -0.05) is 11.3 Å². The second-order valence-corrected chi connectivity index (χ2v) is 7.69. The molecule has 1 aliphatic rings. The van der Waals surface area contributed by atoms with Gasteiger partial charge in [0.1, 0.15) is 5.69 Å². The lowest BCUT2D eigenvalue weighted by Crippen LogP contribution is -2.27. The van der Waals surface area contributed by atoms with Crippen LogP contribution >= 0.6 is 11.3 Å². The molecular weight excluding hydrogens is 334 g/mol. The Kier molecular flexibility index (Phi) is 3.36. The third-order valence-electron chi connectivity index (χ3n) is 4.74. The highest BCUT2D eigenvalue weighted by Gasteiger charge is 2.21. The fourth-order valence-corrected chi connectivity index (χ4v) is 4.33. The molecule has 5 heterocycles. The van der Waals surface area contributed by atoms with Gasteiger partial charge in [-0.2, -0.15) is 10.2 Å². The molecule has 5 rings (SSSR count). The molecule has 7 nitrogen and oxygen atoms in total. The fourth-order valence-electron chi connectivity index (χ4n) is 3.45. The van der Waals surface area contributed by atoms with Crippen LogP contribution in [-0.2, 0) is 0 Å². The summed E-state index contributed by atoms with van der Waals surface area (Å²) < 4.78 is 3.76. The van der Waals surface area contributed by atoms with Gasteiger partial charge in [0.15, 0.2) is 11.5 Å². The summed E-state index contributed by atoms with van der Waals surface area (Å²) in [5, 5.41) is 12.8. The first-order chi connectivity index (χ1) is 12.2. The van der Waals surface area contributed by atoms with Gasteiger partial charge in [0.25, 0.3) is 0 Å². The van der Waals surface area contributed by atoms with Crippen molar-refractivity contribution >= 4 is 21.9 Å². The Morgan fingerprint density at radius 3 is 2.72 bits per heavy atom. The van der Waals surface area contributed by atoms with Gasteiger partial charge in [-0.25, -0.2) is 19.0 Å². The molecule has 25 heavy (non-hydrogen) atoms. The van der Waals surface area contributed by atoms with E-state index in [0.29, 0.717) is 5.92 Å². The van der Waals surface area contributed by atoms with E-state index < -0.39 is 0 Å². The summed E-state index contributed by atoms with van der Waals surface area (Å²) in [6.07, 6.45) is 6.22. The molecule has 0 aromatic carbocycles. The van der Waals surface area contributed by atoms with Crippen molar-refractivity contribution in [2.24, 2.45) is 0 Å². The van der Waals surface area contributed by atoms with Gasteiger partial charge < -0.3 is 5.32 Å². The molecule has 1 aliphatic heterocycles. The zero-order valence-corrected chi connectivity index (χ0v) is 15.0. The first-order valence-electron chi connectivity index (χ1n) is 8.58. The molecule has 4 aromatic heterocycles. The van der Waals surface area contributed by atoms with Crippen LogP contribution in [0.1, 0.15) is 35.8 Å². The van der Waals surface area contributed by atoms with Crippen molar-refractivity contribution in [1.29, 1.82) is 0 Å². The van der Waals surface area contributed by atoms with Crippen molar-refractivity contribution in [3.63, 3.8) is 0 Å². The van der Waals surface area contributed by atoms with Gasteiger partial charge >= 0.3 is 0 Å². The highest BCUT2D eigenvalue weighted by atomic mass is 32.1. The minimum atomic E-state index is 0.474. The van der Waals surface area contributed by atoms with E-state index in [1.807, 2.05) is 28.3 Å². The summed E-state index contributed by atoms with van der Waals surface area (Å²) in [6, 6.07) is 2.08. The number of hydrogen-bond acceptors (Lipinski definition) is 6. The van der Waals surface area contributed by atoms with Crippen LogP contribution in [0.2, 0.25) is 0 Å². The molecule has 0 radical (unpaired) electrons. The highest BCUT2D eigenvalue weighted by Crippen LogP contribution is 2.30. The van der Waals surface area contributed by atoms with Crippen LogP contribution in [0.15, 0.2) is 18.5 Å². The van der Waals surface area contributed by atoms with Gasteiger partial charge in [0, 0.05) is 5.92 Å². The van der Waals surface area contributed by atoms with Crippen LogP contribution in [0, 0.1) is 13.8 Å². The molecule has 1 saturated heterocycles. The fraction of sp³-hybridized carbons (Fsp3) is 0.412. The number of hydrogen-bond donors (Lipinski definition) is 1. The highest BCUT2D eigenvalue weighted by molar-refractivity contribution is 7.20. The predicted molar refractivity (Wildman–Crippen MR) is 97.2 cm³/mol. The molecule has 0 unspecified atom stereocenters. The maximum atomic E-state index is 4.77. The Morgan fingerprint density at radius 2 is 1.92 bits per heavy atom. The summed E-state index contributed by atoms with van der Waals surface area (Å²) in [4.78, 5) is 11.3. The number of piperidine rings is 1. The van der Waals surface area contributed by atoms with E-state index >= 15 is 0 Å². The average Bonchev–Trinajstić information content (AvgIpc) is 3.27. The lowest BCUT2D eigenvalue weighted by molar-refractivity contribution is 0.445. The maximum Gasteiger partial charge on any atom is 0.212 e. The van der Waals surface area contributed by atoms with E-state index in [4.69, 9.17) is 15.2 Å². The topological polar surface area (TPSA) is 72.4 Å². The average molecular weight is 353 g/mol. The van der Waals surface area contributed by atoms with E-state index in [2.05, 4.69) is 23.3 Å². The van der Waals surface area contributed by atoms with Gasteiger partial charge in [-0.15, -0.1) is 0 Å². The summed E-state index contributed by atoms with van der Waals surface area (Å²) in [6.45, 7) is 6.16. The molecule has 0 atom stereocenters. The molecule has 0 saturated carbocycles. The minimum Gasteiger partial charge on any atom is -0.317 e. The molecule has 0 amide bonds. The third-order valence-corrected chi connectivity index (χ3v) is 5.74. The van der Waals surface area contributed by atoms with Crippen LogP contribution in [-0.4, -0.2) is 42.3 Å². The van der Waals surface area contributed by atoms with E-state index in [1.54, 1.807) is 11.3 Å². The molecule has 8 heteroatoms. The Morgan fingerprint density at radius 1 is 1.08 bits per heavy atom. The lowest BCUT2D eigenvalue weighted by atomic mass is 9.98. The SMILES string of the molecule is Cc1cn2nc(-c3cn4nc(C5CCNCC5)nc4s3)cc(C)c2n1. The number of imidazole rings is 1. The molecule has 1 fully saturated rings. The quantitative estimate of drug-likeness (QED) is 0.600. The smallest absolute Gasteiger partial charge is 0.212 e. The Labute approximate surface area is 148 Å². The van der Waals surface area contributed by atoms with E-state index in [-0.39, 0.29) is 0 Å². The molecule has 0 spiro atoms. The van der Waals surface area contributed by atoms with E-state index in [9.17, 15) is 0 Å². The Hall–Kier alpha value is -2.32. The van der Waals surface area contributed by atoms with Crippen LogP contribution in [0.5, 0.6) is 0 Å². The number of nitrogens with one attached hydrogen (secondary N) is 1. The molecule has 4 aromatic rings.